The first-order chi connectivity index (χ1) is 12.0. The van der Waals surface area contributed by atoms with E-state index in [0.29, 0.717) is 19.5 Å². The monoisotopic (exact) mass is 344 g/mol. The summed E-state index contributed by atoms with van der Waals surface area (Å²) in [5, 5.41) is 12.0. The molecule has 2 amide bonds. The lowest BCUT2D eigenvalue weighted by Crippen LogP contribution is -2.49. The lowest BCUT2D eigenvalue weighted by Gasteiger charge is -2.31. The van der Waals surface area contributed by atoms with Crippen LogP contribution in [0.4, 0.5) is 0 Å². The fraction of sp³-hybridized carbons (Fsp3) is 0.526. The molecular formula is C19H24N2O4. The minimum atomic E-state index is -0.969. The van der Waals surface area contributed by atoms with Gasteiger partial charge in [-0.25, -0.2) is 4.79 Å². The van der Waals surface area contributed by atoms with Gasteiger partial charge in [0.1, 0.15) is 6.04 Å². The zero-order valence-electron chi connectivity index (χ0n) is 14.5. The average Bonchev–Trinajstić information content (AvgIpc) is 3.14. The van der Waals surface area contributed by atoms with E-state index in [4.69, 9.17) is 5.11 Å². The summed E-state index contributed by atoms with van der Waals surface area (Å²) in [4.78, 5) is 37.7. The number of nitrogens with one attached hydrogen (secondary N) is 1. The Balaban J connectivity index is 1.63. The van der Waals surface area contributed by atoms with E-state index in [1.54, 1.807) is 24.0 Å². The standard InChI is InChI=1S/C19H24N2O4/c1-12(20-17(22)14-4-2-3-5-14)18(23)21-9-8-13-6-7-15(19(24)25)10-16(13)11-21/h6-7,10,12,14H,2-5,8-9,11H2,1H3,(H,20,22)(H,24,25). The second kappa shape index (κ2) is 7.25. The van der Waals surface area contributed by atoms with Crippen LogP contribution in [0.25, 0.3) is 0 Å². The second-order valence-corrected chi connectivity index (χ2v) is 7.01. The lowest BCUT2D eigenvalue weighted by atomic mass is 9.97. The molecule has 3 rings (SSSR count). The molecule has 1 saturated carbocycles. The summed E-state index contributed by atoms with van der Waals surface area (Å²) >= 11 is 0. The van der Waals surface area contributed by atoms with Crippen molar-refractivity contribution in [2.75, 3.05) is 6.54 Å². The lowest BCUT2D eigenvalue weighted by molar-refractivity contribution is -0.137. The first kappa shape index (κ1) is 17.5. The summed E-state index contributed by atoms with van der Waals surface area (Å²) in [6.07, 6.45) is 4.67. The van der Waals surface area contributed by atoms with E-state index in [1.807, 2.05) is 6.07 Å². The van der Waals surface area contributed by atoms with Gasteiger partial charge in [-0.05, 0) is 49.4 Å². The predicted octanol–water partition coefficient (Wildman–Crippen LogP) is 1.96. The van der Waals surface area contributed by atoms with Gasteiger partial charge in [0.25, 0.3) is 0 Å². The van der Waals surface area contributed by atoms with Crippen molar-refractivity contribution < 1.29 is 19.5 Å². The molecule has 1 aliphatic carbocycles. The smallest absolute Gasteiger partial charge is 0.335 e. The molecule has 25 heavy (non-hydrogen) atoms. The van der Waals surface area contributed by atoms with Crippen LogP contribution in [0.3, 0.4) is 0 Å². The van der Waals surface area contributed by atoms with Crippen LogP contribution < -0.4 is 5.32 Å². The highest BCUT2D eigenvalue weighted by atomic mass is 16.4. The van der Waals surface area contributed by atoms with Crippen LogP contribution in [0.5, 0.6) is 0 Å². The van der Waals surface area contributed by atoms with Crippen molar-refractivity contribution in [3.05, 3.63) is 34.9 Å². The Morgan fingerprint density at radius 3 is 2.60 bits per heavy atom. The summed E-state index contributed by atoms with van der Waals surface area (Å²) in [7, 11) is 0. The van der Waals surface area contributed by atoms with Gasteiger partial charge in [-0.3, -0.25) is 9.59 Å². The molecule has 2 N–H and O–H groups in total. The molecule has 1 fully saturated rings. The summed E-state index contributed by atoms with van der Waals surface area (Å²) in [5.41, 5.74) is 2.18. The summed E-state index contributed by atoms with van der Waals surface area (Å²) in [6, 6.07) is 4.51. The highest BCUT2D eigenvalue weighted by molar-refractivity contribution is 5.89. The summed E-state index contributed by atoms with van der Waals surface area (Å²) in [5.74, 6) is -1.07. The molecule has 1 aliphatic heterocycles. The van der Waals surface area contributed by atoms with Crippen molar-refractivity contribution in [1.29, 1.82) is 0 Å². The molecule has 2 aliphatic rings. The number of benzene rings is 1. The number of carboxylic acids is 1. The van der Waals surface area contributed by atoms with E-state index in [2.05, 4.69) is 5.32 Å². The van der Waals surface area contributed by atoms with Gasteiger partial charge in [-0.1, -0.05) is 18.9 Å². The minimum absolute atomic E-state index is 0.0241. The Morgan fingerprint density at radius 2 is 1.92 bits per heavy atom. The number of rotatable bonds is 4. The molecule has 6 nitrogen and oxygen atoms in total. The van der Waals surface area contributed by atoms with Crippen LogP contribution in [0.15, 0.2) is 18.2 Å². The van der Waals surface area contributed by atoms with Crippen LogP contribution in [-0.4, -0.2) is 40.4 Å². The third kappa shape index (κ3) is 3.83. The second-order valence-electron chi connectivity index (χ2n) is 7.01. The van der Waals surface area contributed by atoms with E-state index in [0.717, 1.165) is 36.8 Å². The van der Waals surface area contributed by atoms with Crippen LogP contribution in [0.1, 0.15) is 54.1 Å². The molecule has 0 spiro atoms. The molecule has 0 saturated heterocycles. The normalized spacial score (nSPS) is 18.5. The van der Waals surface area contributed by atoms with Crippen molar-refractivity contribution in [2.45, 2.75) is 51.6 Å². The maximum atomic E-state index is 12.7. The Hall–Kier alpha value is -2.37. The third-order valence-electron chi connectivity index (χ3n) is 5.23. The molecule has 1 aromatic rings. The molecule has 1 atom stereocenters. The number of carboxylic acid groups (broad SMARTS) is 1. The Morgan fingerprint density at radius 1 is 1.20 bits per heavy atom. The number of amides is 2. The largest absolute Gasteiger partial charge is 0.478 e. The minimum Gasteiger partial charge on any atom is -0.478 e. The van der Waals surface area contributed by atoms with E-state index in [1.165, 1.54) is 0 Å². The topological polar surface area (TPSA) is 86.7 Å². The van der Waals surface area contributed by atoms with Gasteiger partial charge in [0.2, 0.25) is 11.8 Å². The van der Waals surface area contributed by atoms with Gasteiger partial charge in [-0.2, -0.15) is 0 Å². The zero-order valence-corrected chi connectivity index (χ0v) is 14.5. The van der Waals surface area contributed by atoms with Gasteiger partial charge in [-0.15, -0.1) is 0 Å². The first-order valence-corrected chi connectivity index (χ1v) is 8.90. The van der Waals surface area contributed by atoms with Gasteiger partial charge in [0.05, 0.1) is 5.56 Å². The summed E-state index contributed by atoms with van der Waals surface area (Å²) in [6.45, 7) is 2.69. The van der Waals surface area contributed by atoms with E-state index >= 15 is 0 Å². The molecule has 0 bridgehead atoms. The molecule has 1 aromatic carbocycles. The number of nitrogens with zero attached hydrogens (tertiary/aromatic N) is 1. The Labute approximate surface area is 147 Å². The van der Waals surface area contributed by atoms with Crippen molar-refractivity contribution in [2.24, 2.45) is 5.92 Å². The van der Waals surface area contributed by atoms with Crippen molar-refractivity contribution in [3.63, 3.8) is 0 Å². The van der Waals surface area contributed by atoms with Crippen LogP contribution in [-0.2, 0) is 22.6 Å². The average molecular weight is 344 g/mol. The van der Waals surface area contributed by atoms with Crippen LogP contribution in [0.2, 0.25) is 0 Å². The first-order valence-electron chi connectivity index (χ1n) is 8.90. The van der Waals surface area contributed by atoms with Gasteiger partial charge < -0.3 is 15.3 Å². The molecule has 1 heterocycles. The summed E-state index contributed by atoms with van der Waals surface area (Å²) < 4.78 is 0. The maximum absolute atomic E-state index is 12.7. The third-order valence-corrected chi connectivity index (χ3v) is 5.23. The molecule has 0 aromatic heterocycles. The molecule has 6 heteroatoms. The zero-order chi connectivity index (χ0) is 18.0. The number of carbonyl (C=O) groups excluding carboxylic acids is 2. The van der Waals surface area contributed by atoms with Crippen LogP contribution >= 0.6 is 0 Å². The Bertz CT molecular complexity index is 695. The fourth-order valence-corrected chi connectivity index (χ4v) is 3.73. The Kier molecular flexibility index (Phi) is 5.06. The van der Waals surface area contributed by atoms with Gasteiger partial charge in [0, 0.05) is 19.0 Å². The van der Waals surface area contributed by atoms with Crippen molar-refractivity contribution in [1.82, 2.24) is 10.2 Å². The number of carbonyl (C=O) groups is 3. The number of aromatic carboxylic acids is 1. The van der Waals surface area contributed by atoms with Gasteiger partial charge >= 0.3 is 5.97 Å². The highest BCUT2D eigenvalue weighted by Gasteiger charge is 2.29. The fourth-order valence-electron chi connectivity index (χ4n) is 3.73. The maximum Gasteiger partial charge on any atom is 0.335 e. The SMILES string of the molecule is CC(NC(=O)C1CCCC1)C(=O)N1CCc2ccc(C(=O)O)cc2C1. The van der Waals surface area contributed by atoms with Gasteiger partial charge in [0.15, 0.2) is 0 Å². The molecular weight excluding hydrogens is 320 g/mol. The predicted molar refractivity (Wildman–Crippen MR) is 92.1 cm³/mol. The highest BCUT2D eigenvalue weighted by Crippen LogP contribution is 2.25. The number of hydrogen-bond donors (Lipinski definition) is 2. The number of hydrogen-bond acceptors (Lipinski definition) is 3. The van der Waals surface area contributed by atoms with Crippen LogP contribution in [0, 0.1) is 5.92 Å². The molecule has 1 unspecified atom stereocenters. The van der Waals surface area contributed by atoms with E-state index in [-0.39, 0.29) is 23.3 Å². The quantitative estimate of drug-likeness (QED) is 0.874. The van der Waals surface area contributed by atoms with E-state index in [9.17, 15) is 14.4 Å². The molecule has 134 valence electrons. The number of fused-ring (bicyclic) bond motifs is 1. The van der Waals surface area contributed by atoms with Crippen molar-refractivity contribution in [3.8, 4) is 0 Å². The molecule has 0 radical (unpaired) electrons. The van der Waals surface area contributed by atoms with E-state index < -0.39 is 12.0 Å². The van der Waals surface area contributed by atoms with Crippen molar-refractivity contribution >= 4 is 17.8 Å².